The molecule has 0 aliphatic carbocycles. The maximum absolute atomic E-state index is 11.8. The second kappa shape index (κ2) is 11.6. The number of urea groups is 1. The predicted octanol–water partition coefficient (Wildman–Crippen LogP) is 2.54. The maximum Gasteiger partial charge on any atom is 0.312 e. The molecule has 5 N–H and O–H groups in total. The quantitative estimate of drug-likeness (QED) is 0.622. The number of nitrogens with two attached hydrogens (primary N) is 1. The zero-order chi connectivity index (χ0) is 17.0. The molecule has 0 saturated carbocycles. The Bertz CT molecular complexity index is 464. The number of unbranched alkanes of at least 4 members (excludes halogenated alkanes) is 1. The zero-order valence-electron chi connectivity index (χ0n) is 13.6. The molecule has 1 aromatic rings. The van der Waals surface area contributed by atoms with Crippen LogP contribution in [0.4, 0.5) is 10.5 Å². The van der Waals surface area contributed by atoms with Gasteiger partial charge < -0.3 is 21.5 Å². The standard InChI is InChI=1S/C14H21N3O3.C2H6/c1-2-3-8-13(19)16-11-7-5-4-6-10(11)12(9-18)17-14(15)20;1-2/h4-7,12,18H,2-3,8-9H2,1H3,(H,16,19)(H3,15,17,20);1-2H3. The van der Waals surface area contributed by atoms with Gasteiger partial charge in [-0.25, -0.2) is 4.79 Å². The lowest BCUT2D eigenvalue weighted by Crippen LogP contribution is -2.35. The Morgan fingerprint density at radius 1 is 1.27 bits per heavy atom. The molecule has 0 bridgehead atoms. The summed E-state index contributed by atoms with van der Waals surface area (Å²) in [7, 11) is 0. The van der Waals surface area contributed by atoms with E-state index >= 15 is 0 Å². The summed E-state index contributed by atoms with van der Waals surface area (Å²) >= 11 is 0. The van der Waals surface area contributed by atoms with E-state index in [-0.39, 0.29) is 12.5 Å². The normalized spacial score (nSPS) is 10.9. The van der Waals surface area contributed by atoms with Gasteiger partial charge in [-0.15, -0.1) is 0 Å². The van der Waals surface area contributed by atoms with Gasteiger partial charge in [-0.05, 0) is 12.5 Å². The van der Waals surface area contributed by atoms with E-state index < -0.39 is 12.1 Å². The fourth-order valence-corrected chi connectivity index (χ4v) is 1.86. The third kappa shape index (κ3) is 7.08. The van der Waals surface area contributed by atoms with Crippen molar-refractivity contribution < 1.29 is 14.7 Å². The van der Waals surface area contributed by atoms with Crippen molar-refractivity contribution in [2.24, 2.45) is 5.73 Å². The van der Waals surface area contributed by atoms with Crippen LogP contribution in [0.1, 0.15) is 51.6 Å². The topological polar surface area (TPSA) is 104 Å². The van der Waals surface area contributed by atoms with E-state index in [0.29, 0.717) is 17.7 Å². The van der Waals surface area contributed by atoms with Crippen LogP contribution in [0.3, 0.4) is 0 Å². The average molecular weight is 309 g/mol. The number of benzene rings is 1. The van der Waals surface area contributed by atoms with E-state index in [1.807, 2.05) is 20.8 Å². The first-order chi connectivity index (χ1) is 10.6. The van der Waals surface area contributed by atoms with Crippen molar-refractivity contribution in [1.82, 2.24) is 5.32 Å². The number of carbonyl (C=O) groups excluding carboxylic acids is 2. The number of aliphatic hydroxyl groups excluding tert-OH is 1. The van der Waals surface area contributed by atoms with Crippen LogP contribution in [-0.4, -0.2) is 23.7 Å². The van der Waals surface area contributed by atoms with Crippen LogP contribution in [0.2, 0.25) is 0 Å². The molecule has 0 saturated heterocycles. The monoisotopic (exact) mass is 309 g/mol. The maximum atomic E-state index is 11.8. The van der Waals surface area contributed by atoms with Crippen molar-refractivity contribution in [3.8, 4) is 0 Å². The van der Waals surface area contributed by atoms with Gasteiger partial charge in [-0.2, -0.15) is 0 Å². The Labute approximate surface area is 132 Å². The second-order valence-corrected chi connectivity index (χ2v) is 4.48. The molecule has 6 nitrogen and oxygen atoms in total. The lowest BCUT2D eigenvalue weighted by molar-refractivity contribution is -0.116. The number of anilines is 1. The Hall–Kier alpha value is -2.08. The summed E-state index contributed by atoms with van der Waals surface area (Å²) in [5.41, 5.74) is 6.27. The average Bonchev–Trinajstić information content (AvgIpc) is 2.53. The zero-order valence-corrected chi connectivity index (χ0v) is 13.6. The van der Waals surface area contributed by atoms with Crippen LogP contribution in [-0.2, 0) is 4.79 Å². The number of amides is 3. The lowest BCUT2D eigenvalue weighted by Gasteiger charge is -2.19. The highest BCUT2D eigenvalue weighted by Gasteiger charge is 2.16. The van der Waals surface area contributed by atoms with E-state index in [9.17, 15) is 14.7 Å². The van der Waals surface area contributed by atoms with E-state index in [4.69, 9.17) is 5.73 Å². The number of hydrogen-bond donors (Lipinski definition) is 4. The Kier molecular flexibility index (Phi) is 10.5. The smallest absolute Gasteiger partial charge is 0.312 e. The van der Waals surface area contributed by atoms with Gasteiger partial charge >= 0.3 is 6.03 Å². The molecule has 22 heavy (non-hydrogen) atoms. The highest BCUT2D eigenvalue weighted by Crippen LogP contribution is 2.22. The van der Waals surface area contributed by atoms with Crippen LogP contribution in [0.5, 0.6) is 0 Å². The van der Waals surface area contributed by atoms with Gasteiger partial charge in [-0.1, -0.05) is 45.4 Å². The van der Waals surface area contributed by atoms with E-state index in [1.165, 1.54) is 0 Å². The first-order valence-corrected chi connectivity index (χ1v) is 7.64. The molecule has 1 aromatic carbocycles. The van der Waals surface area contributed by atoms with Crippen LogP contribution >= 0.6 is 0 Å². The van der Waals surface area contributed by atoms with Gasteiger partial charge in [0.1, 0.15) is 0 Å². The minimum atomic E-state index is -0.726. The SMILES string of the molecule is CC.CCCCC(=O)Nc1ccccc1C(CO)NC(N)=O. The Morgan fingerprint density at radius 3 is 2.45 bits per heavy atom. The van der Waals surface area contributed by atoms with Gasteiger partial charge in [0.2, 0.25) is 5.91 Å². The highest BCUT2D eigenvalue weighted by molar-refractivity contribution is 5.91. The third-order valence-corrected chi connectivity index (χ3v) is 2.87. The largest absolute Gasteiger partial charge is 0.394 e. The molecule has 0 radical (unpaired) electrons. The highest BCUT2D eigenvalue weighted by atomic mass is 16.3. The molecule has 0 aliphatic heterocycles. The second-order valence-electron chi connectivity index (χ2n) is 4.48. The molecule has 1 rings (SSSR count). The van der Waals surface area contributed by atoms with Gasteiger partial charge in [0.25, 0.3) is 0 Å². The van der Waals surface area contributed by atoms with Crippen LogP contribution < -0.4 is 16.4 Å². The van der Waals surface area contributed by atoms with Crippen molar-refractivity contribution >= 4 is 17.6 Å². The lowest BCUT2D eigenvalue weighted by atomic mass is 10.0. The molecule has 0 spiro atoms. The molecule has 0 aliphatic rings. The van der Waals surface area contributed by atoms with Gasteiger partial charge in [0.15, 0.2) is 0 Å². The van der Waals surface area contributed by atoms with Gasteiger partial charge in [-0.3, -0.25) is 4.79 Å². The van der Waals surface area contributed by atoms with Gasteiger partial charge in [0.05, 0.1) is 12.6 Å². The van der Waals surface area contributed by atoms with Crippen molar-refractivity contribution in [3.05, 3.63) is 29.8 Å². The minimum absolute atomic E-state index is 0.0879. The molecule has 0 aromatic heterocycles. The number of rotatable bonds is 7. The molecule has 3 amide bonds. The number of aliphatic hydroxyl groups is 1. The summed E-state index contributed by atoms with van der Waals surface area (Å²) in [6.45, 7) is 5.71. The molecule has 0 fully saturated rings. The Balaban J connectivity index is 0.00000211. The number of nitrogens with one attached hydrogen (secondary N) is 2. The van der Waals surface area contributed by atoms with Crippen LogP contribution in [0.25, 0.3) is 0 Å². The molecule has 0 heterocycles. The summed E-state index contributed by atoms with van der Waals surface area (Å²) in [5, 5.41) is 14.6. The van der Waals surface area contributed by atoms with Crippen LogP contribution in [0, 0.1) is 0 Å². The summed E-state index contributed by atoms with van der Waals surface area (Å²) in [6, 6.07) is 5.63. The number of para-hydroxylation sites is 1. The summed E-state index contributed by atoms with van der Waals surface area (Å²) in [4.78, 5) is 22.7. The minimum Gasteiger partial charge on any atom is -0.394 e. The van der Waals surface area contributed by atoms with Crippen LogP contribution in [0.15, 0.2) is 24.3 Å². The summed E-state index contributed by atoms with van der Waals surface area (Å²) in [6.07, 6.45) is 2.20. The first kappa shape index (κ1) is 19.9. The molecule has 1 atom stereocenters. The van der Waals surface area contributed by atoms with E-state index in [1.54, 1.807) is 24.3 Å². The van der Waals surface area contributed by atoms with Gasteiger partial charge in [0, 0.05) is 17.7 Å². The summed E-state index contributed by atoms with van der Waals surface area (Å²) < 4.78 is 0. The van der Waals surface area contributed by atoms with E-state index in [2.05, 4.69) is 10.6 Å². The number of primary amides is 1. The number of carbonyl (C=O) groups is 2. The molecular weight excluding hydrogens is 282 g/mol. The third-order valence-electron chi connectivity index (χ3n) is 2.87. The molecule has 1 unspecified atom stereocenters. The van der Waals surface area contributed by atoms with Crippen molar-refractivity contribution in [1.29, 1.82) is 0 Å². The predicted molar refractivity (Wildman–Crippen MR) is 88.5 cm³/mol. The molecule has 6 heteroatoms. The van der Waals surface area contributed by atoms with Crippen molar-refractivity contribution in [3.63, 3.8) is 0 Å². The fraction of sp³-hybridized carbons (Fsp3) is 0.500. The van der Waals surface area contributed by atoms with Crippen molar-refractivity contribution in [2.75, 3.05) is 11.9 Å². The Morgan fingerprint density at radius 2 is 1.91 bits per heavy atom. The first-order valence-electron chi connectivity index (χ1n) is 7.64. The molecule has 124 valence electrons. The fourth-order valence-electron chi connectivity index (χ4n) is 1.86. The van der Waals surface area contributed by atoms with E-state index in [0.717, 1.165) is 12.8 Å². The van der Waals surface area contributed by atoms with Crippen molar-refractivity contribution in [2.45, 2.75) is 46.1 Å². The molecular formula is C16H27N3O3. The summed E-state index contributed by atoms with van der Waals surface area (Å²) in [5.74, 6) is -0.0879. The number of hydrogen-bond acceptors (Lipinski definition) is 3.